The summed E-state index contributed by atoms with van der Waals surface area (Å²) in [4.78, 5) is 30.0. The summed E-state index contributed by atoms with van der Waals surface area (Å²) >= 11 is 5.87. The van der Waals surface area contributed by atoms with E-state index in [1.807, 2.05) is 0 Å². The van der Waals surface area contributed by atoms with E-state index in [1.165, 1.54) is 16.9 Å². The van der Waals surface area contributed by atoms with Crippen molar-refractivity contribution in [3.05, 3.63) is 44.9 Å². The Morgan fingerprint density at radius 3 is 2.90 bits per heavy atom. The third-order valence-corrected chi connectivity index (χ3v) is 2.95. The van der Waals surface area contributed by atoms with Crippen LogP contribution in [-0.4, -0.2) is 32.2 Å². The van der Waals surface area contributed by atoms with Crippen LogP contribution in [-0.2, 0) is 13.5 Å². The van der Waals surface area contributed by atoms with Crippen LogP contribution in [0.1, 0.15) is 22.0 Å². The van der Waals surface area contributed by atoms with Gasteiger partial charge in [0, 0.05) is 31.8 Å². The molecule has 2 N–H and O–H groups in total. The highest BCUT2D eigenvalue weighted by Gasteiger charge is 2.14. The van der Waals surface area contributed by atoms with Crippen LogP contribution in [0.4, 0.5) is 0 Å². The van der Waals surface area contributed by atoms with E-state index in [2.05, 4.69) is 20.4 Å². The lowest BCUT2D eigenvalue weighted by atomic mass is 10.3. The Bertz CT molecular complexity index is 672. The number of nitrogens with zero attached hydrogens (tertiary/aromatic N) is 3. The fourth-order valence-electron chi connectivity index (χ4n) is 1.80. The summed E-state index contributed by atoms with van der Waals surface area (Å²) in [6.07, 6.45) is 1.84. The molecule has 0 fully saturated rings. The Labute approximate surface area is 120 Å². The SMILES string of the molecule is Cc1cc(=O)[nH]c(CCNC(=O)c2c(Cl)cnn2C)n1. The number of rotatable bonds is 4. The summed E-state index contributed by atoms with van der Waals surface area (Å²) in [6, 6.07) is 1.41. The van der Waals surface area contributed by atoms with Crippen molar-refractivity contribution >= 4 is 17.5 Å². The summed E-state index contributed by atoms with van der Waals surface area (Å²) in [5.41, 5.74) is 0.746. The van der Waals surface area contributed by atoms with Gasteiger partial charge in [0.25, 0.3) is 11.5 Å². The smallest absolute Gasteiger partial charge is 0.271 e. The van der Waals surface area contributed by atoms with Crippen LogP contribution >= 0.6 is 11.6 Å². The lowest BCUT2D eigenvalue weighted by Crippen LogP contribution is -2.28. The zero-order valence-corrected chi connectivity index (χ0v) is 11.9. The van der Waals surface area contributed by atoms with Crippen LogP contribution < -0.4 is 10.9 Å². The van der Waals surface area contributed by atoms with Gasteiger partial charge in [-0.25, -0.2) is 4.98 Å². The molecule has 0 aliphatic rings. The highest BCUT2D eigenvalue weighted by atomic mass is 35.5. The second-order valence-electron chi connectivity index (χ2n) is 4.30. The fraction of sp³-hybridized carbons (Fsp3) is 0.333. The van der Waals surface area contributed by atoms with E-state index in [0.717, 1.165) is 0 Å². The maximum atomic E-state index is 11.9. The molecule has 0 atom stereocenters. The van der Waals surface area contributed by atoms with Crippen LogP contribution in [0, 0.1) is 6.92 Å². The average Bonchev–Trinajstić information content (AvgIpc) is 2.67. The molecule has 0 aliphatic carbocycles. The topological polar surface area (TPSA) is 92.7 Å². The van der Waals surface area contributed by atoms with E-state index in [-0.39, 0.29) is 11.5 Å². The number of H-pyrrole nitrogens is 1. The number of aromatic amines is 1. The van der Waals surface area contributed by atoms with Gasteiger partial charge in [-0.05, 0) is 6.92 Å². The summed E-state index contributed by atoms with van der Waals surface area (Å²) in [5, 5.41) is 6.90. The normalized spacial score (nSPS) is 10.6. The molecule has 7 nitrogen and oxygen atoms in total. The summed E-state index contributed by atoms with van der Waals surface area (Å²) in [6.45, 7) is 2.08. The number of nitrogens with one attached hydrogen (secondary N) is 2. The molecule has 0 aliphatic heterocycles. The number of hydrogen-bond donors (Lipinski definition) is 2. The third-order valence-electron chi connectivity index (χ3n) is 2.68. The van der Waals surface area contributed by atoms with Crippen LogP contribution in [0.3, 0.4) is 0 Å². The standard InChI is InChI=1S/C12H14ClN5O2/c1-7-5-10(19)17-9(16-7)3-4-14-12(20)11-8(13)6-15-18(11)2/h5-6H,3-4H2,1-2H3,(H,14,20)(H,16,17,19). The first-order valence-electron chi connectivity index (χ1n) is 6.00. The minimum absolute atomic E-state index is 0.200. The molecule has 0 saturated carbocycles. The molecule has 2 heterocycles. The lowest BCUT2D eigenvalue weighted by molar-refractivity contribution is 0.0945. The first-order valence-corrected chi connectivity index (χ1v) is 6.37. The largest absolute Gasteiger partial charge is 0.350 e. The van der Waals surface area contributed by atoms with Gasteiger partial charge in [0.05, 0.1) is 11.2 Å². The van der Waals surface area contributed by atoms with Crippen molar-refractivity contribution in [3.8, 4) is 0 Å². The molecule has 2 aromatic heterocycles. The van der Waals surface area contributed by atoms with Crippen LogP contribution in [0.15, 0.2) is 17.1 Å². The maximum Gasteiger partial charge on any atom is 0.271 e. The zero-order chi connectivity index (χ0) is 14.7. The van der Waals surface area contributed by atoms with Gasteiger partial charge in [-0.15, -0.1) is 0 Å². The van der Waals surface area contributed by atoms with Gasteiger partial charge < -0.3 is 10.3 Å². The van der Waals surface area contributed by atoms with E-state index in [9.17, 15) is 9.59 Å². The molecular formula is C12H14ClN5O2. The number of halogens is 1. The van der Waals surface area contributed by atoms with Crippen molar-refractivity contribution in [3.63, 3.8) is 0 Å². The number of aromatic nitrogens is 4. The van der Waals surface area contributed by atoms with E-state index >= 15 is 0 Å². The van der Waals surface area contributed by atoms with Gasteiger partial charge in [0.1, 0.15) is 11.5 Å². The molecule has 20 heavy (non-hydrogen) atoms. The van der Waals surface area contributed by atoms with Crippen LogP contribution in [0.25, 0.3) is 0 Å². The Kier molecular flexibility index (Phi) is 4.19. The van der Waals surface area contributed by atoms with Gasteiger partial charge in [-0.2, -0.15) is 5.10 Å². The minimum Gasteiger partial charge on any atom is -0.350 e. The highest BCUT2D eigenvalue weighted by Crippen LogP contribution is 2.13. The molecule has 0 saturated heterocycles. The molecular weight excluding hydrogens is 282 g/mol. The summed E-state index contributed by atoms with van der Waals surface area (Å²) in [5.74, 6) is 0.219. The third kappa shape index (κ3) is 3.24. The Hall–Kier alpha value is -2.15. The van der Waals surface area contributed by atoms with E-state index in [4.69, 9.17) is 11.6 Å². The van der Waals surface area contributed by atoms with Crippen molar-refractivity contribution < 1.29 is 4.79 Å². The highest BCUT2D eigenvalue weighted by molar-refractivity contribution is 6.33. The Morgan fingerprint density at radius 1 is 1.55 bits per heavy atom. The van der Waals surface area contributed by atoms with Gasteiger partial charge >= 0.3 is 0 Å². The number of carbonyl (C=O) groups is 1. The molecule has 0 aromatic carbocycles. The monoisotopic (exact) mass is 295 g/mol. The fourth-order valence-corrected chi connectivity index (χ4v) is 2.06. The number of carbonyl (C=O) groups excluding carboxylic acids is 1. The summed E-state index contributed by atoms with van der Waals surface area (Å²) in [7, 11) is 1.64. The number of hydrogen-bond acceptors (Lipinski definition) is 4. The quantitative estimate of drug-likeness (QED) is 0.856. The van der Waals surface area contributed by atoms with Gasteiger partial charge in [0.15, 0.2) is 0 Å². The predicted molar refractivity (Wildman–Crippen MR) is 73.8 cm³/mol. The number of aryl methyl sites for hydroxylation is 2. The molecule has 2 aromatic rings. The molecule has 2 rings (SSSR count). The molecule has 0 spiro atoms. The zero-order valence-electron chi connectivity index (χ0n) is 11.1. The number of amides is 1. The van der Waals surface area contributed by atoms with Crippen LogP contribution in [0.2, 0.25) is 5.02 Å². The molecule has 8 heteroatoms. The average molecular weight is 296 g/mol. The lowest BCUT2D eigenvalue weighted by Gasteiger charge is -2.06. The molecule has 0 bridgehead atoms. The van der Waals surface area contributed by atoms with E-state index in [0.29, 0.717) is 35.2 Å². The Balaban J connectivity index is 1.96. The van der Waals surface area contributed by atoms with Gasteiger partial charge in [-0.1, -0.05) is 11.6 Å². The second-order valence-corrected chi connectivity index (χ2v) is 4.71. The van der Waals surface area contributed by atoms with Crippen molar-refractivity contribution in [1.29, 1.82) is 0 Å². The first kappa shape index (κ1) is 14.3. The van der Waals surface area contributed by atoms with Crippen LogP contribution in [0.5, 0.6) is 0 Å². The van der Waals surface area contributed by atoms with Crippen molar-refractivity contribution in [2.45, 2.75) is 13.3 Å². The maximum absolute atomic E-state index is 11.9. The molecule has 106 valence electrons. The molecule has 0 radical (unpaired) electrons. The van der Waals surface area contributed by atoms with E-state index in [1.54, 1.807) is 14.0 Å². The van der Waals surface area contributed by atoms with E-state index < -0.39 is 0 Å². The van der Waals surface area contributed by atoms with Crippen molar-refractivity contribution in [2.75, 3.05) is 6.54 Å². The predicted octanol–water partition coefficient (Wildman–Crippen LogP) is 0.438. The van der Waals surface area contributed by atoms with Crippen molar-refractivity contribution in [1.82, 2.24) is 25.1 Å². The first-order chi connectivity index (χ1) is 9.47. The van der Waals surface area contributed by atoms with Crippen molar-refractivity contribution in [2.24, 2.45) is 7.05 Å². The van der Waals surface area contributed by atoms with Gasteiger partial charge in [-0.3, -0.25) is 14.3 Å². The van der Waals surface area contributed by atoms with Gasteiger partial charge in [0.2, 0.25) is 0 Å². The summed E-state index contributed by atoms with van der Waals surface area (Å²) < 4.78 is 1.41. The second kappa shape index (κ2) is 5.87. The Morgan fingerprint density at radius 2 is 2.30 bits per heavy atom. The molecule has 1 amide bonds. The minimum atomic E-state index is -0.315. The molecule has 0 unspecified atom stereocenters.